The molecule has 0 amide bonds. The third-order valence-electron chi connectivity index (χ3n) is 4.04. The van der Waals surface area contributed by atoms with E-state index in [1.165, 1.54) is 26.4 Å². The molecule has 0 saturated heterocycles. The predicted molar refractivity (Wildman–Crippen MR) is 82.6 cm³/mol. The van der Waals surface area contributed by atoms with Gasteiger partial charge in [-0.1, -0.05) is 25.3 Å². The Morgan fingerprint density at radius 1 is 1.29 bits per heavy atom. The summed E-state index contributed by atoms with van der Waals surface area (Å²) in [4.78, 5) is 0.179. The van der Waals surface area contributed by atoms with Crippen molar-refractivity contribution in [3.8, 4) is 5.75 Å². The van der Waals surface area contributed by atoms with Gasteiger partial charge >= 0.3 is 0 Å². The van der Waals surface area contributed by atoms with E-state index in [1.54, 1.807) is 18.2 Å². The molecule has 0 unspecified atom stereocenters. The zero-order valence-electron chi connectivity index (χ0n) is 12.5. The van der Waals surface area contributed by atoms with Crippen LogP contribution in [0.1, 0.15) is 37.7 Å². The molecule has 0 heterocycles. The molecule has 1 saturated carbocycles. The van der Waals surface area contributed by atoms with Gasteiger partial charge in [-0.15, -0.1) is 0 Å². The molecule has 1 aromatic carbocycles. The van der Waals surface area contributed by atoms with Gasteiger partial charge in [0.25, 0.3) is 0 Å². The zero-order chi connectivity index (χ0) is 15.3. The van der Waals surface area contributed by atoms with E-state index in [9.17, 15) is 8.42 Å². The van der Waals surface area contributed by atoms with Gasteiger partial charge in [-0.25, -0.2) is 13.1 Å². The lowest BCUT2D eigenvalue weighted by molar-refractivity contribution is 0.356. The molecule has 0 spiro atoms. The van der Waals surface area contributed by atoms with Crippen LogP contribution in [0.4, 0.5) is 0 Å². The molecule has 21 heavy (non-hydrogen) atoms. The standard InChI is InChI=1S/C15H24N2O3S/c1-20-14-9-13(10-16)7-8-15(14)21(18,19)17-11-12-5-3-2-4-6-12/h7-9,12,17H,2-6,10-11,16H2,1H3. The predicted octanol–water partition coefficient (Wildman–Crippen LogP) is 2.01. The molecule has 3 N–H and O–H groups in total. The fourth-order valence-corrected chi connectivity index (χ4v) is 4.02. The first-order chi connectivity index (χ1) is 10.1. The SMILES string of the molecule is COc1cc(CN)ccc1S(=O)(=O)NCC1CCCCC1. The number of benzene rings is 1. The van der Waals surface area contributed by atoms with Crippen LogP contribution in [0.5, 0.6) is 5.75 Å². The molecule has 0 atom stereocenters. The Bertz CT molecular complexity index is 566. The van der Waals surface area contributed by atoms with Crippen molar-refractivity contribution in [3.63, 3.8) is 0 Å². The van der Waals surface area contributed by atoms with Crippen LogP contribution < -0.4 is 15.2 Å². The topological polar surface area (TPSA) is 81.4 Å². The second-order valence-corrected chi connectivity index (χ2v) is 7.28. The summed E-state index contributed by atoms with van der Waals surface area (Å²) >= 11 is 0. The first kappa shape index (κ1) is 16.3. The molecular weight excluding hydrogens is 288 g/mol. The van der Waals surface area contributed by atoms with Gasteiger partial charge in [0, 0.05) is 13.1 Å². The van der Waals surface area contributed by atoms with Gasteiger partial charge < -0.3 is 10.5 Å². The minimum Gasteiger partial charge on any atom is -0.495 e. The average molecular weight is 312 g/mol. The van der Waals surface area contributed by atoms with E-state index in [0.717, 1.165) is 18.4 Å². The summed E-state index contributed by atoms with van der Waals surface area (Å²) in [5, 5.41) is 0. The van der Waals surface area contributed by atoms with E-state index in [1.807, 2.05) is 0 Å². The highest BCUT2D eigenvalue weighted by Gasteiger charge is 2.22. The van der Waals surface area contributed by atoms with Gasteiger partial charge in [-0.2, -0.15) is 0 Å². The Balaban J connectivity index is 2.11. The Morgan fingerprint density at radius 2 is 2.00 bits per heavy atom. The molecule has 1 fully saturated rings. The van der Waals surface area contributed by atoms with Gasteiger partial charge in [-0.05, 0) is 36.5 Å². The molecule has 0 bridgehead atoms. The molecule has 1 aliphatic rings. The van der Waals surface area contributed by atoms with Crippen LogP contribution in [0.15, 0.2) is 23.1 Å². The Hall–Kier alpha value is -1.11. The van der Waals surface area contributed by atoms with Crippen LogP contribution in [-0.4, -0.2) is 22.1 Å². The van der Waals surface area contributed by atoms with E-state index in [4.69, 9.17) is 10.5 Å². The highest BCUT2D eigenvalue weighted by atomic mass is 32.2. The van der Waals surface area contributed by atoms with Crippen molar-refractivity contribution in [1.82, 2.24) is 4.72 Å². The van der Waals surface area contributed by atoms with Crippen molar-refractivity contribution in [2.24, 2.45) is 11.7 Å². The number of hydrogen-bond acceptors (Lipinski definition) is 4. The van der Waals surface area contributed by atoms with Gasteiger partial charge in [0.1, 0.15) is 10.6 Å². The summed E-state index contributed by atoms with van der Waals surface area (Å²) in [5.41, 5.74) is 6.41. The Morgan fingerprint density at radius 3 is 2.62 bits per heavy atom. The van der Waals surface area contributed by atoms with Crippen molar-refractivity contribution in [1.29, 1.82) is 0 Å². The molecule has 118 valence electrons. The molecule has 2 rings (SSSR count). The van der Waals surface area contributed by atoms with Gasteiger partial charge in [-0.3, -0.25) is 0 Å². The second-order valence-electron chi connectivity index (χ2n) is 5.55. The number of methoxy groups -OCH3 is 1. The lowest BCUT2D eigenvalue weighted by atomic mass is 9.90. The lowest BCUT2D eigenvalue weighted by Gasteiger charge is -2.22. The number of hydrogen-bond donors (Lipinski definition) is 2. The fourth-order valence-electron chi connectivity index (χ4n) is 2.76. The molecule has 6 heteroatoms. The van der Waals surface area contributed by atoms with E-state index in [-0.39, 0.29) is 4.90 Å². The first-order valence-electron chi connectivity index (χ1n) is 7.43. The smallest absolute Gasteiger partial charge is 0.244 e. The molecule has 5 nitrogen and oxygen atoms in total. The van der Waals surface area contributed by atoms with E-state index in [2.05, 4.69) is 4.72 Å². The summed E-state index contributed by atoms with van der Waals surface area (Å²) < 4.78 is 32.8. The van der Waals surface area contributed by atoms with Crippen molar-refractivity contribution in [3.05, 3.63) is 23.8 Å². The summed E-state index contributed by atoms with van der Waals surface area (Å²) in [7, 11) is -2.08. The van der Waals surface area contributed by atoms with Crippen LogP contribution in [0.25, 0.3) is 0 Å². The van der Waals surface area contributed by atoms with Crippen molar-refractivity contribution < 1.29 is 13.2 Å². The van der Waals surface area contributed by atoms with E-state index < -0.39 is 10.0 Å². The monoisotopic (exact) mass is 312 g/mol. The highest BCUT2D eigenvalue weighted by Crippen LogP contribution is 2.26. The van der Waals surface area contributed by atoms with Crippen molar-refractivity contribution in [2.45, 2.75) is 43.5 Å². The minimum atomic E-state index is -3.54. The lowest BCUT2D eigenvalue weighted by Crippen LogP contribution is -2.30. The average Bonchev–Trinajstić information content (AvgIpc) is 2.53. The molecule has 1 aliphatic carbocycles. The largest absolute Gasteiger partial charge is 0.495 e. The zero-order valence-corrected chi connectivity index (χ0v) is 13.3. The Kier molecular flexibility index (Phi) is 5.61. The van der Waals surface area contributed by atoms with Crippen molar-refractivity contribution in [2.75, 3.05) is 13.7 Å². The number of rotatable bonds is 6. The van der Waals surface area contributed by atoms with Crippen LogP contribution in [0.2, 0.25) is 0 Å². The van der Waals surface area contributed by atoms with Crippen LogP contribution in [-0.2, 0) is 16.6 Å². The van der Waals surface area contributed by atoms with Crippen molar-refractivity contribution >= 4 is 10.0 Å². The fraction of sp³-hybridized carbons (Fsp3) is 0.600. The number of ether oxygens (including phenoxy) is 1. The molecule has 0 aromatic heterocycles. The second kappa shape index (κ2) is 7.24. The number of sulfonamides is 1. The number of nitrogens with two attached hydrogens (primary N) is 1. The normalized spacial score (nSPS) is 16.9. The molecule has 0 radical (unpaired) electrons. The van der Waals surface area contributed by atoms with Gasteiger partial charge in [0.05, 0.1) is 7.11 Å². The maximum absolute atomic E-state index is 12.4. The summed E-state index contributed by atoms with van der Waals surface area (Å²) in [6.45, 7) is 0.857. The summed E-state index contributed by atoms with van der Waals surface area (Å²) in [6, 6.07) is 4.96. The molecule has 1 aromatic rings. The molecular formula is C15H24N2O3S. The number of nitrogens with one attached hydrogen (secondary N) is 1. The third-order valence-corrected chi connectivity index (χ3v) is 5.50. The maximum Gasteiger partial charge on any atom is 0.244 e. The van der Waals surface area contributed by atoms with E-state index >= 15 is 0 Å². The highest BCUT2D eigenvalue weighted by molar-refractivity contribution is 7.89. The maximum atomic E-state index is 12.4. The summed E-state index contributed by atoms with van der Waals surface area (Å²) in [5.74, 6) is 0.789. The summed E-state index contributed by atoms with van der Waals surface area (Å²) in [6.07, 6.45) is 5.86. The van der Waals surface area contributed by atoms with Gasteiger partial charge in [0.2, 0.25) is 10.0 Å². The minimum absolute atomic E-state index is 0.179. The van der Waals surface area contributed by atoms with Crippen LogP contribution in [0, 0.1) is 5.92 Å². The quantitative estimate of drug-likeness (QED) is 0.842. The van der Waals surface area contributed by atoms with Gasteiger partial charge in [0.15, 0.2) is 0 Å². The Labute approximate surface area is 126 Å². The van der Waals surface area contributed by atoms with E-state index in [0.29, 0.717) is 24.8 Å². The first-order valence-corrected chi connectivity index (χ1v) is 8.92. The van der Waals surface area contributed by atoms with Crippen LogP contribution >= 0.6 is 0 Å². The third kappa shape index (κ3) is 4.18. The van der Waals surface area contributed by atoms with Crippen LogP contribution in [0.3, 0.4) is 0 Å². The molecule has 0 aliphatic heterocycles.